The number of rotatable bonds is 4. The molecule has 0 N–H and O–H groups in total. The summed E-state index contributed by atoms with van der Waals surface area (Å²) < 4.78 is 24.5. The lowest BCUT2D eigenvalue weighted by atomic mass is 10.0. The van der Waals surface area contributed by atoms with Gasteiger partial charge in [0.05, 0.1) is 5.39 Å². The SMILES string of the molecule is Cc1c(OCC(=O)N2CCN(c3ccc(F)cc3)CC2)ccc2c1oc(=O)c1ccccc12. The number of carbonyl (C=O) groups is 1. The maximum atomic E-state index is 13.1. The molecule has 1 fully saturated rings. The second kappa shape index (κ2) is 8.58. The van der Waals surface area contributed by atoms with Crippen molar-refractivity contribution in [2.45, 2.75) is 6.92 Å². The number of halogens is 1. The Morgan fingerprint density at radius 3 is 2.36 bits per heavy atom. The molecule has 0 aliphatic carbocycles. The summed E-state index contributed by atoms with van der Waals surface area (Å²) in [5, 5.41) is 2.19. The van der Waals surface area contributed by atoms with E-state index in [1.807, 2.05) is 31.2 Å². The minimum absolute atomic E-state index is 0.0965. The summed E-state index contributed by atoms with van der Waals surface area (Å²) >= 11 is 0. The molecule has 0 bridgehead atoms. The van der Waals surface area contributed by atoms with Crippen LogP contribution in [0.15, 0.2) is 69.9 Å². The molecular weight excluding hydrogens is 423 g/mol. The number of ether oxygens (including phenoxy) is 1. The van der Waals surface area contributed by atoms with Crippen LogP contribution in [0.2, 0.25) is 0 Å². The van der Waals surface area contributed by atoms with Gasteiger partial charge in [-0.3, -0.25) is 4.79 Å². The van der Waals surface area contributed by atoms with Gasteiger partial charge in [0.25, 0.3) is 5.91 Å². The maximum Gasteiger partial charge on any atom is 0.344 e. The van der Waals surface area contributed by atoms with Crippen molar-refractivity contribution in [2.75, 3.05) is 37.7 Å². The summed E-state index contributed by atoms with van der Waals surface area (Å²) in [6.45, 7) is 4.20. The first-order valence-electron chi connectivity index (χ1n) is 10.9. The lowest BCUT2D eigenvalue weighted by Crippen LogP contribution is -2.50. The fourth-order valence-corrected chi connectivity index (χ4v) is 4.31. The molecule has 0 unspecified atom stereocenters. The number of hydrogen-bond acceptors (Lipinski definition) is 5. The van der Waals surface area contributed by atoms with Gasteiger partial charge in [0, 0.05) is 42.8 Å². The third-order valence-electron chi connectivity index (χ3n) is 6.16. The Morgan fingerprint density at radius 1 is 0.939 bits per heavy atom. The standard InChI is InChI=1S/C26H23FN2O4/c1-17-23(11-10-21-20-4-2-3-5-22(20)26(31)33-25(17)21)32-16-24(30)29-14-12-28(13-15-29)19-8-6-18(27)7-9-19/h2-11H,12-16H2,1H3. The molecule has 1 amide bonds. The van der Waals surface area contributed by atoms with Crippen LogP contribution in [-0.2, 0) is 4.79 Å². The number of nitrogens with zero attached hydrogens (tertiary/aromatic N) is 2. The molecule has 33 heavy (non-hydrogen) atoms. The molecule has 1 aromatic heterocycles. The second-order valence-corrected chi connectivity index (χ2v) is 8.13. The molecular formula is C26H23FN2O4. The van der Waals surface area contributed by atoms with Gasteiger partial charge in [-0.15, -0.1) is 0 Å². The van der Waals surface area contributed by atoms with Gasteiger partial charge in [0.15, 0.2) is 6.61 Å². The van der Waals surface area contributed by atoms with E-state index < -0.39 is 5.63 Å². The number of benzene rings is 3. The van der Waals surface area contributed by atoms with E-state index in [0.717, 1.165) is 16.5 Å². The number of amides is 1. The smallest absolute Gasteiger partial charge is 0.344 e. The van der Waals surface area contributed by atoms with Crippen LogP contribution in [0.4, 0.5) is 10.1 Å². The van der Waals surface area contributed by atoms with Crippen molar-refractivity contribution in [2.24, 2.45) is 0 Å². The van der Waals surface area contributed by atoms with Gasteiger partial charge in [-0.05, 0) is 54.8 Å². The second-order valence-electron chi connectivity index (χ2n) is 8.13. The predicted molar refractivity (Wildman–Crippen MR) is 125 cm³/mol. The Bertz CT molecular complexity index is 1390. The minimum atomic E-state index is -0.395. The molecule has 0 atom stereocenters. The molecule has 5 rings (SSSR count). The first-order valence-corrected chi connectivity index (χ1v) is 10.9. The van der Waals surface area contributed by atoms with Gasteiger partial charge in [-0.2, -0.15) is 0 Å². The van der Waals surface area contributed by atoms with Gasteiger partial charge in [-0.25, -0.2) is 9.18 Å². The van der Waals surface area contributed by atoms with E-state index in [-0.39, 0.29) is 18.3 Å². The van der Waals surface area contributed by atoms with Gasteiger partial charge >= 0.3 is 5.63 Å². The zero-order valence-corrected chi connectivity index (χ0v) is 18.2. The molecule has 0 radical (unpaired) electrons. The molecule has 3 aromatic carbocycles. The molecule has 4 aromatic rings. The third kappa shape index (κ3) is 4.02. The Balaban J connectivity index is 1.26. The minimum Gasteiger partial charge on any atom is -0.483 e. The van der Waals surface area contributed by atoms with Crippen LogP contribution in [0.25, 0.3) is 21.7 Å². The summed E-state index contributed by atoms with van der Waals surface area (Å²) in [5.74, 6) is 0.147. The fourth-order valence-electron chi connectivity index (χ4n) is 4.31. The predicted octanol–water partition coefficient (Wildman–Crippen LogP) is 4.12. The average molecular weight is 446 g/mol. The molecule has 1 aliphatic heterocycles. The topological polar surface area (TPSA) is 63.0 Å². The van der Waals surface area contributed by atoms with Crippen molar-refractivity contribution < 1.29 is 18.3 Å². The van der Waals surface area contributed by atoms with E-state index in [0.29, 0.717) is 48.5 Å². The summed E-state index contributed by atoms with van der Waals surface area (Å²) in [6, 6.07) is 17.4. The lowest BCUT2D eigenvalue weighted by molar-refractivity contribution is -0.133. The van der Waals surface area contributed by atoms with Gasteiger partial charge in [0.1, 0.15) is 17.1 Å². The Labute approximate surface area is 189 Å². The number of piperazine rings is 1. The van der Waals surface area contributed by atoms with E-state index in [4.69, 9.17) is 9.15 Å². The first kappa shape index (κ1) is 21.0. The molecule has 7 heteroatoms. The normalized spacial score (nSPS) is 14.1. The largest absolute Gasteiger partial charge is 0.483 e. The number of carbonyl (C=O) groups excluding carboxylic acids is 1. The van der Waals surface area contributed by atoms with Gasteiger partial charge in [0.2, 0.25) is 0 Å². The Hall–Kier alpha value is -3.87. The summed E-state index contributed by atoms with van der Waals surface area (Å²) in [5.41, 5.74) is 1.70. The highest BCUT2D eigenvalue weighted by atomic mass is 19.1. The van der Waals surface area contributed by atoms with E-state index in [9.17, 15) is 14.0 Å². The van der Waals surface area contributed by atoms with Crippen LogP contribution in [0, 0.1) is 12.7 Å². The average Bonchev–Trinajstić information content (AvgIpc) is 2.85. The van der Waals surface area contributed by atoms with Crippen LogP contribution in [0.3, 0.4) is 0 Å². The number of fused-ring (bicyclic) bond motifs is 3. The van der Waals surface area contributed by atoms with Gasteiger partial charge in [-0.1, -0.05) is 18.2 Å². The number of aryl methyl sites for hydroxylation is 1. The van der Waals surface area contributed by atoms with Crippen LogP contribution in [0.5, 0.6) is 5.75 Å². The quantitative estimate of drug-likeness (QED) is 0.349. The number of hydrogen-bond donors (Lipinski definition) is 0. The zero-order valence-electron chi connectivity index (χ0n) is 18.2. The molecule has 2 heterocycles. The van der Waals surface area contributed by atoms with E-state index in [1.54, 1.807) is 29.2 Å². The molecule has 6 nitrogen and oxygen atoms in total. The Kier molecular flexibility index (Phi) is 5.46. The highest BCUT2D eigenvalue weighted by molar-refractivity contribution is 6.05. The van der Waals surface area contributed by atoms with E-state index in [2.05, 4.69) is 4.90 Å². The lowest BCUT2D eigenvalue weighted by Gasteiger charge is -2.36. The van der Waals surface area contributed by atoms with Crippen molar-refractivity contribution >= 4 is 33.3 Å². The maximum absolute atomic E-state index is 13.1. The molecule has 0 spiro atoms. The van der Waals surface area contributed by atoms with Crippen LogP contribution in [0.1, 0.15) is 5.56 Å². The van der Waals surface area contributed by atoms with E-state index >= 15 is 0 Å². The highest BCUT2D eigenvalue weighted by Gasteiger charge is 2.22. The zero-order chi connectivity index (χ0) is 22.9. The highest BCUT2D eigenvalue weighted by Crippen LogP contribution is 2.30. The molecule has 1 aliphatic rings. The molecule has 1 saturated heterocycles. The van der Waals surface area contributed by atoms with Crippen molar-refractivity contribution in [3.63, 3.8) is 0 Å². The first-order chi connectivity index (χ1) is 16.0. The number of anilines is 1. The monoisotopic (exact) mass is 446 g/mol. The van der Waals surface area contributed by atoms with Crippen LogP contribution >= 0.6 is 0 Å². The fraction of sp³-hybridized carbons (Fsp3) is 0.231. The van der Waals surface area contributed by atoms with Crippen LogP contribution < -0.4 is 15.3 Å². The summed E-state index contributed by atoms with van der Waals surface area (Å²) in [7, 11) is 0. The van der Waals surface area contributed by atoms with Crippen molar-refractivity contribution in [3.05, 3.63) is 82.5 Å². The summed E-state index contributed by atoms with van der Waals surface area (Å²) in [6.07, 6.45) is 0. The van der Waals surface area contributed by atoms with Crippen LogP contribution in [-0.4, -0.2) is 43.6 Å². The summed E-state index contributed by atoms with van der Waals surface area (Å²) in [4.78, 5) is 29.0. The molecule has 0 saturated carbocycles. The molecule has 168 valence electrons. The van der Waals surface area contributed by atoms with Gasteiger partial charge < -0.3 is 19.0 Å². The van der Waals surface area contributed by atoms with Crippen molar-refractivity contribution in [1.82, 2.24) is 4.90 Å². The third-order valence-corrected chi connectivity index (χ3v) is 6.16. The Morgan fingerprint density at radius 2 is 1.64 bits per heavy atom. The van der Waals surface area contributed by atoms with Crippen molar-refractivity contribution in [1.29, 1.82) is 0 Å². The van der Waals surface area contributed by atoms with E-state index in [1.165, 1.54) is 12.1 Å². The van der Waals surface area contributed by atoms with Crippen molar-refractivity contribution in [3.8, 4) is 5.75 Å².